The van der Waals surface area contributed by atoms with E-state index in [1.54, 1.807) is 32.7 Å². The van der Waals surface area contributed by atoms with E-state index >= 15 is 0 Å². The quantitative estimate of drug-likeness (QED) is 0.0853. The summed E-state index contributed by atoms with van der Waals surface area (Å²) in [6, 6.07) is 44.6. The number of rotatable bonds is 14. The summed E-state index contributed by atoms with van der Waals surface area (Å²) in [4.78, 5) is 93.3. The molecule has 24 nitrogen and oxygen atoms in total. The third-order valence-corrected chi connectivity index (χ3v) is 18.5. The first-order valence-electron chi connectivity index (χ1n) is 35.3. The van der Waals surface area contributed by atoms with E-state index in [9.17, 15) is 19.2 Å². The maximum Gasteiger partial charge on any atom is 0.408 e. The van der Waals surface area contributed by atoms with Crippen LogP contribution in [0.25, 0.3) is 72.1 Å². The van der Waals surface area contributed by atoms with Crippen molar-refractivity contribution in [2.75, 3.05) is 18.5 Å². The van der Waals surface area contributed by atoms with Crippen LogP contribution in [0, 0.1) is 20.8 Å². The third kappa shape index (κ3) is 15.8. The van der Waals surface area contributed by atoms with Gasteiger partial charge < -0.3 is 30.6 Å². The number of nitrogens with one attached hydrogen (secondary N) is 2. The third-order valence-electron chi connectivity index (χ3n) is 18.3. The molecular weight excluding hydrogens is 1330 g/mol. The fourth-order valence-corrected chi connectivity index (χ4v) is 13.2. The molecule has 1 amide bonds. The van der Waals surface area contributed by atoms with Gasteiger partial charge in [-0.2, -0.15) is 0 Å². The number of para-hydroxylation sites is 3. The number of hydrogen-bond acceptors (Lipinski definition) is 18. The standard InChI is InChI=1S/C28H29N7O2.C23H27N3O3.C18H19N3O.C10H11ClN4O/c1-3-20(32-25-24-27(30-16-29-25)34(17-31-24)22-14-7-8-15-37-22)26-33-21-13-9-10-18(2)23(21)28(36)35(26)19-11-5-4-6-12-19;1-6-17(25-22(28)29-23(3,4)5)20-24-18-14-10-11-15(2)19(18)21(27)26(20)16-12-8-7-9-13-16;1-3-14(19)17-20-15-11-7-8-12(2)16(15)18(22)21(17)13-9-5-4-6-10-13;11-9-8-10(13-5-12-9)15(6-14-8)7-3-1-2-4-16-7/h4-6,9-13,16-17,20,22H,3,7-8,14-15H2,1-2H3,(H,29,30,32);7-14,17H,6H2,1-5H3,(H,25,28);4-11,14H,3,19H2,1-2H3;5-7H,1-4H2/t20-,22?;17-;14-;/m000./s1. The number of nitrogens with two attached hydrogens (primary N) is 1. The number of alkyl carbamates (subject to hydrolysis) is 1. The second kappa shape index (κ2) is 32.6. The lowest BCUT2D eigenvalue weighted by molar-refractivity contribution is -0.0299. The molecule has 6 aromatic carbocycles. The first kappa shape index (κ1) is 72.9. The Morgan fingerprint density at radius 1 is 0.529 bits per heavy atom. The monoisotopic (exact) mass is 1420 g/mol. The Hall–Kier alpha value is -10.9. The zero-order valence-electron chi connectivity index (χ0n) is 59.9. The van der Waals surface area contributed by atoms with E-state index in [2.05, 4.69) is 52.4 Å². The smallest absolute Gasteiger partial charge is 0.408 e. The molecule has 7 aromatic heterocycles. The summed E-state index contributed by atoms with van der Waals surface area (Å²) < 4.78 is 25.9. The van der Waals surface area contributed by atoms with Gasteiger partial charge in [0.25, 0.3) is 16.7 Å². The van der Waals surface area contributed by atoms with Gasteiger partial charge in [0.2, 0.25) is 0 Å². The Labute approximate surface area is 606 Å². The molecular formula is C79H86ClN17O7. The number of amides is 1. The van der Waals surface area contributed by atoms with E-state index in [1.165, 1.54) is 12.7 Å². The number of anilines is 1. The molecule has 0 aliphatic carbocycles. The Kier molecular flexibility index (Phi) is 22.8. The largest absolute Gasteiger partial charge is 0.444 e. The molecule has 5 atom stereocenters. The van der Waals surface area contributed by atoms with Crippen LogP contribution in [0.1, 0.15) is 164 Å². The van der Waals surface area contributed by atoms with Crippen molar-refractivity contribution in [3.8, 4) is 17.1 Å². The predicted octanol–water partition coefficient (Wildman–Crippen LogP) is 15.0. The fraction of sp³-hybridized carbons (Fsp3) is 0.329. The van der Waals surface area contributed by atoms with Crippen LogP contribution < -0.4 is 33.0 Å². The van der Waals surface area contributed by atoms with Crippen LogP contribution in [0.15, 0.2) is 185 Å². The summed E-state index contributed by atoms with van der Waals surface area (Å²) in [6.45, 7) is 18.7. The van der Waals surface area contributed by atoms with Crippen molar-refractivity contribution in [3.63, 3.8) is 0 Å². The molecule has 15 rings (SSSR count). The fourth-order valence-electron chi connectivity index (χ4n) is 13.0. The van der Waals surface area contributed by atoms with Gasteiger partial charge in [0.05, 0.1) is 80.6 Å². The number of hydrogen-bond donors (Lipinski definition) is 3. The number of halogens is 1. The summed E-state index contributed by atoms with van der Waals surface area (Å²) in [6.07, 6.45) is 14.3. The predicted molar refractivity (Wildman–Crippen MR) is 406 cm³/mol. The lowest BCUT2D eigenvalue weighted by Crippen LogP contribution is -2.37. The first-order valence-corrected chi connectivity index (χ1v) is 35.7. The first-order chi connectivity index (χ1) is 50.4. The normalized spacial score (nSPS) is 15.4. The lowest BCUT2D eigenvalue weighted by atomic mass is 10.1. The van der Waals surface area contributed by atoms with Crippen molar-refractivity contribution in [3.05, 3.63) is 241 Å². The van der Waals surface area contributed by atoms with Crippen LogP contribution in [0.4, 0.5) is 10.6 Å². The van der Waals surface area contributed by atoms with E-state index < -0.39 is 17.7 Å². The molecule has 0 saturated carbocycles. The molecule has 2 unspecified atom stereocenters. The minimum Gasteiger partial charge on any atom is -0.444 e. The summed E-state index contributed by atoms with van der Waals surface area (Å²) in [7, 11) is 0. The number of imidazole rings is 2. The van der Waals surface area contributed by atoms with Gasteiger partial charge in [-0.1, -0.05) is 123 Å². The number of fused-ring (bicyclic) bond motifs is 5. The Morgan fingerprint density at radius 3 is 1.37 bits per heavy atom. The van der Waals surface area contributed by atoms with Crippen LogP contribution in [-0.4, -0.2) is 92.6 Å². The van der Waals surface area contributed by atoms with Crippen molar-refractivity contribution < 1.29 is 19.0 Å². The Morgan fingerprint density at radius 2 is 0.942 bits per heavy atom. The lowest BCUT2D eigenvalue weighted by Gasteiger charge is -2.25. The zero-order chi connectivity index (χ0) is 73.2. The molecule has 25 heteroatoms. The van der Waals surface area contributed by atoms with Crippen LogP contribution in [0.2, 0.25) is 5.15 Å². The van der Waals surface area contributed by atoms with Crippen LogP contribution in [0.5, 0.6) is 0 Å². The van der Waals surface area contributed by atoms with Crippen molar-refractivity contribution >= 4 is 78.5 Å². The van der Waals surface area contributed by atoms with E-state index in [-0.39, 0.29) is 41.2 Å². The molecule has 0 radical (unpaired) electrons. The highest BCUT2D eigenvalue weighted by Gasteiger charge is 2.28. The topological polar surface area (TPSA) is 287 Å². The SMILES string of the molecule is CC[C@H](N)c1nc2cccc(C)c2c(=O)n1-c1ccccc1.CC[C@H](NC(=O)OC(C)(C)C)c1nc2cccc(C)c2c(=O)n1-c1ccccc1.CC[C@H](Nc1ncnc2c1ncn2C1CCCCO1)c1nc2cccc(C)c2c(=O)n1-c1ccccc1.Clc1ncnc2c1ncn2C1CCCCO1. The van der Waals surface area contributed by atoms with E-state index in [1.807, 2.05) is 210 Å². The van der Waals surface area contributed by atoms with Crippen molar-refractivity contribution in [1.82, 2.24) is 73.0 Å². The molecule has 536 valence electrons. The second-order valence-electron chi connectivity index (χ2n) is 26.6. The number of ether oxygens (including phenoxy) is 3. The summed E-state index contributed by atoms with van der Waals surface area (Å²) in [5, 5.41) is 8.65. The van der Waals surface area contributed by atoms with Crippen molar-refractivity contribution in [2.24, 2.45) is 5.73 Å². The minimum atomic E-state index is -0.616. The summed E-state index contributed by atoms with van der Waals surface area (Å²) >= 11 is 5.94. The number of aryl methyl sites for hydroxylation is 3. The van der Waals surface area contributed by atoms with Gasteiger partial charge in [-0.05, 0) is 171 Å². The highest BCUT2D eigenvalue weighted by Crippen LogP contribution is 2.33. The molecule has 104 heavy (non-hydrogen) atoms. The van der Waals surface area contributed by atoms with Crippen LogP contribution in [0.3, 0.4) is 0 Å². The molecule has 4 N–H and O–H groups in total. The maximum atomic E-state index is 13.9. The zero-order valence-corrected chi connectivity index (χ0v) is 60.7. The van der Waals surface area contributed by atoms with Gasteiger partial charge in [-0.3, -0.25) is 37.2 Å². The van der Waals surface area contributed by atoms with E-state index in [0.29, 0.717) is 90.7 Å². The van der Waals surface area contributed by atoms with Gasteiger partial charge in [0.15, 0.2) is 27.8 Å². The maximum absolute atomic E-state index is 13.9. The molecule has 9 heterocycles. The molecule has 2 aliphatic rings. The minimum absolute atomic E-state index is 0.0321. The highest BCUT2D eigenvalue weighted by atomic mass is 35.5. The number of nitrogens with zero attached hydrogens (tertiary/aromatic N) is 14. The number of carbonyl (C=O) groups is 1. The number of aromatic nitrogens is 14. The molecule has 2 fully saturated rings. The average molecular weight is 1420 g/mol. The molecule has 13 aromatic rings. The van der Waals surface area contributed by atoms with Crippen LogP contribution in [-0.2, 0) is 14.2 Å². The van der Waals surface area contributed by atoms with Gasteiger partial charge in [-0.15, -0.1) is 0 Å². The van der Waals surface area contributed by atoms with Gasteiger partial charge in [0.1, 0.15) is 53.7 Å². The molecule has 0 bridgehead atoms. The number of carbonyl (C=O) groups excluding carboxylic acids is 1. The highest BCUT2D eigenvalue weighted by molar-refractivity contribution is 6.33. The van der Waals surface area contributed by atoms with E-state index in [0.717, 1.165) is 91.1 Å². The van der Waals surface area contributed by atoms with Crippen molar-refractivity contribution in [2.45, 2.75) is 156 Å². The Balaban J connectivity index is 0.000000136. The molecule has 2 aliphatic heterocycles. The molecule has 0 spiro atoms. The summed E-state index contributed by atoms with van der Waals surface area (Å²) in [5.41, 5.74) is 15.0. The van der Waals surface area contributed by atoms with Gasteiger partial charge in [0, 0.05) is 13.2 Å². The van der Waals surface area contributed by atoms with Crippen LogP contribution >= 0.6 is 11.6 Å². The summed E-state index contributed by atoms with van der Waals surface area (Å²) in [5.74, 6) is 2.31. The second-order valence-corrected chi connectivity index (χ2v) is 27.0. The average Bonchev–Trinajstić information content (AvgIpc) is 1.04. The van der Waals surface area contributed by atoms with Gasteiger partial charge >= 0.3 is 6.09 Å². The Bertz CT molecular complexity index is 5360. The van der Waals surface area contributed by atoms with Gasteiger partial charge in [-0.25, -0.2) is 49.7 Å². The molecule has 2 saturated heterocycles. The van der Waals surface area contributed by atoms with E-state index in [4.69, 9.17) is 41.5 Å². The number of benzene rings is 6. The van der Waals surface area contributed by atoms with Crippen molar-refractivity contribution in [1.29, 1.82) is 0 Å².